The van der Waals surface area contributed by atoms with E-state index in [2.05, 4.69) is 15.4 Å². The van der Waals surface area contributed by atoms with E-state index in [0.717, 1.165) is 0 Å². The molecule has 6 heteroatoms. The second-order valence-electron chi connectivity index (χ2n) is 2.20. The van der Waals surface area contributed by atoms with Gasteiger partial charge < -0.3 is 10.1 Å². The second kappa shape index (κ2) is 4.95. The predicted octanol–water partition coefficient (Wildman–Crippen LogP) is -1.33. The Morgan fingerprint density at radius 2 is 2.25 bits per heavy atom. The summed E-state index contributed by atoms with van der Waals surface area (Å²) in [5.74, 6) is -0.856. The minimum Gasteiger partial charge on any atom is -0.467 e. The Morgan fingerprint density at radius 3 is 2.75 bits per heavy atom. The van der Waals surface area contributed by atoms with Gasteiger partial charge in [0.05, 0.1) is 7.11 Å². The fraction of sp³-hybridized carbons (Fsp3) is 0.667. The maximum atomic E-state index is 10.9. The Hall–Kier alpha value is -0.810. The molecule has 1 aliphatic heterocycles. The first kappa shape index (κ1) is 11.2. The molecule has 0 bridgehead atoms. The summed E-state index contributed by atoms with van der Waals surface area (Å²) in [6, 6.07) is -0.825. The number of esters is 1. The summed E-state index contributed by atoms with van der Waals surface area (Å²) < 4.78 is 4.40. The molecular weight excluding hydrogens is 184 g/mol. The minimum absolute atomic E-state index is 0. The van der Waals surface area contributed by atoms with Crippen molar-refractivity contribution in [2.45, 2.75) is 6.04 Å². The van der Waals surface area contributed by atoms with E-state index in [9.17, 15) is 9.59 Å². The SMILES string of the molecule is COC(=O)C1NCCNC1=O.Cl. The fourth-order valence-electron chi connectivity index (χ4n) is 0.905. The van der Waals surface area contributed by atoms with Gasteiger partial charge in [-0.25, -0.2) is 4.79 Å². The molecule has 0 radical (unpaired) electrons. The molecule has 0 spiro atoms. The summed E-state index contributed by atoms with van der Waals surface area (Å²) in [5, 5.41) is 5.28. The molecule has 1 rings (SSSR count). The first-order valence-electron chi connectivity index (χ1n) is 3.34. The largest absolute Gasteiger partial charge is 0.467 e. The second-order valence-corrected chi connectivity index (χ2v) is 2.20. The van der Waals surface area contributed by atoms with Crippen LogP contribution in [0.2, 0.25) is 0 Å². The van der Waals surface area contributed by atoms with Crippen LogP contribution in [0.25, 0.3) is 0 Å². The third kappa shape index (κ3) is 2.35. The van der Waals surface area contributed by atoms with Gasteiger partial charge in [0.25, 0.3) is 0 Å². The number of methoxy groups -OCH3 is 1. The maximum absolute atomic E-state index is 10.9. The monoisotopic (exact) mass is 194 g/mol. The van der Waals surface area contributed by atoms with E-state index < -0.39 is 12.0 Å². The summed E-state index contributed by atoms with van der Waals surface area (Å²) in [6.45, 7) is 1.16. The molecule has 1 fully saturated rings. The van der Waals surface area contributed by atoms with Gasteiger partial charge >= 0.3 is 5.97 Å². The molecule has 1 saturated heterocycles. The van der Waals surface area contributed by atoms with Crippen molar-refractivity contribution in [2.24, 2.45) is 0 Å². The first-order chi connectivity index (χ1) is 5.25. The number of carbonyl (C=O) groups excluding carboxylic acids is 2. The Bertz CT molecular complexity index is 178. The Labute approximate surface area is 76.2 Å². The molecule has 12 heavy (non-hydrogen) atoms. The molecule has 1 atom stereocenters. The molecule has 1 heterocycles. The number of rotatable bonds is 1. The van der Waals surface area contributed by atoms with E-state index in [-0.39, 0.29) is 18.3 Å². The third-order valence-corrected chi connectivity index (χ3v) is 1.47. The zero-order valence-electron chi connectivity index (χ0n) is 6.62. The van der Waals surface area contributed by atoms with Crippen LogP contribution in [0.4, 0.5) is 0 Å². The van der Waals surface area contributed by atoms with Crippen molar-refractivity contribution in [3.63, 3.8) is 0 Å². The van der Waals surface area contributed by atoms with Gasteiger partial charge in [0.15, 0.2) is 6.04 Å². The lowest BCUT2D eigenvalue weighted by Crippen LogP contribution is -2.56. The molecule has 5 nitrogen and oxygen atoms in total. The molecule has 0 saturated carbocycles. The number of ether oxygens (including phenoxy) is 1. The topological polar surface area (TPSA) is 67.4 Å². The van der Waals surface area contributed by atoms with Crippen molar-refractivity contribution in [3.8, 4) is 0 Å². The molecule has 1 unspecified atom stereocenters. The van der Waals surface area contributed by atoms with Crippen LogP contribution in [-0.2, 0) is 14.3 Å². The van der Waals surface area contributed by atoms with E-state index in [1.54, 1.807) is 0 Å². The molecule has 70 valence electrons. The van der Waals surface area contributed by atoms with Crippen molar-refractivity contribution >= 4 is 24.3 Å². The summed E-state index contributed by atoms with van der Waals surface area (Å²) in [6.07, 6.45) is 0. The van der Waals surface area contributed by atoms with Crippen LogP contribution in [0, 0.1) is 0 Å². The van der Waals surface area contributed by atoms with Gasteiger partial charge in [-0.3, -0.25) is 10.1 Å². The van der Waals surface area contributed by atoms with Crippen molar-refractivity contribution in [1.29, 1.82) is 0 Å². The normalized spacial score (nSPS) is 22.1. The molecule has 1 aliphatic rings. The van der Waals surface area contributed by atoms with Crippen molar-refractivity contribution in [2.75, 3.05) is 20.2 Å². The highest BCUT2D eigenvalue weighted by atomic mass is 35.5. The smallest absolute Gasteiger partial charge is 0.332 e. The number of piperazine rings is 1. The fourth-order valence-corrected chi connectivity index (χ4v) is 0.905. The Balaban J connectivity index is 0.00000121. The van der Waals surface area contributed by atoms with Crippen LogP contribution < -0.4 is 10.6 Å². The molecule has 0 aromatic heterocycles. The van der Waals surface area contributed by atoms with Crippen molar-refractivity contribution < 1.29 is 14.3 Å². The van der Waals surface area contributed by atoms with Crippen LogP contribution in [0.3, 0.4) is 0 Å². The van der Waals surface area contributed by atoms with Gasteiger partial charge in [0.1, 0.15) is 0 Å². The van der Waals surface area contributed by atoms with Gasteiger partial charge in [-0.05, 0) is 0 Å². The lowest BCUT2D eigenvalue weighted by Gasteiger charge is -2.20. The van der Waals surface area contributed by atoms with Gasteiger partial charge in [0, 0.05) is 13.1 Å². The number of carbonyl (C=O) groups is 2. The average Bonchev–Trinajstić information content (AvgIpc) is 2.04. The zero-order chi connectivity index (χ0) is 8.27. The molecule has 0 aromatic carbocycles. The van der Waals surface area contributed by atoms with Crippen molar-refractivity contribution in [1.82, 2.24) is 10.6 Å². The van der Waals surface area contributed by atoms with Gasteiger partial charge in [-0.1, -0.05) is 0 Å². The summed E-state index contributed by atoms with van der Waals surface area (Å²) in [7, 11) is 1.26. The Kier molecular flexibility index (Phi) is 4.61. The molecule has 0 aliphatic carbocycles. The molecule has 0 aromatic rings. The number of amides is 1. The van der Waals surface area contributed by atoms with Crippen LogP contribution >= 0.6 is 12.4 Å². The standard InChI is InChI=1S/C6H10N2O3.ClH/c1-11-6(10)4-5(9)8-3-2-7-4;/h4,7H,2-3H2,1H3,(H,8,9);1H. The van der Waals surface area contributed by atoms with Crippen LogP contribution in [0.15, 0.2) is 0 Å². The van der Waals surface area contributed by atoms with E-state index >= 15 is 0 Å². The highest BCUT2D eigenvalue weighted by Gasteiger charge is 2.28. The summed E-state index contributed by atoms with van der Waals surface area (Å²) >= 11 is 0. The van der Waals surface area contributed by atoms with Crippen molar-refractivity contribution in [3.05, 3.63) is 0 Å². The number of halogens is 1. The molecule has 1 amide bonds. The van der Waals surface area contributed by atoms with Crippen LogP contribution in [-0.4, -0.2) is 38.1 Å². The molecular formula is C6H11ClN2O3. The highest BCUT2D eigenvalue weighted by molar-refractivity contribution is 6.02. The average molecular weight is 195 g/mol. The predicted molar refractivity (Wildman–Crippen MR) is 44.1 cm³/mol. The maximum Gasteiger partial charge on any atom is 0.332 e. The summed E-state index contributed by atoms with van der Waals surface area (Å²) in [5.41, 5.74) is 0. The highest BCUT2D eigenvalue weighted by Crippen LogP contribution is 1.91. The lowest BCUT2D eigenvalue weighted by molar-refractivity contribution is -0.147. The third-order valence-electron chi connectivity index (χ3n) is 1.47. The van der Waals surface area contributed by atoms with E-state index in [4.69, 9.17) is 0 Å². The van der Waals surface area contributed by atoms with Gasteiger partial charge in [-0.2, -0.15) is 0 Å². The Morgan fingerprint density at radius 1 is 1.58 bits per heavy atom. The van der Waals surface area contributed by atoms with Gasteiger partial charge in [0.2, 0.25) is 5.91 Å². The van der Waals surface area contributed by atoms with E-state index in [1.807, 2.05) is 0 Å². The van der Waals surface area contributed by atoms with Gasteiger partial charge in [-0.15, -0.1) is 12.4 Å². The first-order valence-corrected chi connectivity index (χ1v) is 3.34. The lowest BCUT2D eigenvalue weighted by atomic mass is 10.2. The number of hydrogen-bond acceptors (Lipinski definition) is 4. The molecule has 2 N–H and O–H groups in total. The summed E-state index contributed by atoms with van der Waals surface area (Å²) in [4.78, 5) is 21.8. The zero-order valence-corrected chi connectivity index (χ0v) is 7.44. The van der Waals surface area contributed by atoms with E-state index in [1.165, 1.54) is 7.11 Å². The minimum atomic E-state index is -0.825. The number of nitrogens with one attached hydrogen (secondary N) is 2. The quantitative estimate of drug-likeness (QED) is 0.401. The number of hydrogen-bond donors (Lipinski definition) is 2. The van der Waals surface area contributed by atoms with E-state index in [0.29, 0.717) is 13.1 Å². The van der Waals surface area contributed by atoms with Crippen LogP contribution in [0.5, 0.6) is 0 Å². The van der Waals surface area contributed by atoms with Crippen LogP contribution in [0.1, 0.15) is 0 Å².